The Kier molecular flexibility index (Phi) is 7.00. The van der Waals surface area contributed by atoms with Gasteiger partial charge in [-0.1, -0.05) is 19.7 Å². The molecule has 0 amide bonds. The highest BCUT2D eigenvalue weighted by molar-refractivity contribution is 5.85. The Labute approximate surface area is 183 Å². The molecule has 0 bridgehead atoms. The van der Waals surface area contributed by atoms with Crippen molar-refractivity contribution >= 4 is 17.7 Å². The summed E-state index contributed by atoms with van der Waals surface area (Å²) in [5, 5.41) is 0. The summed E-state index contributed by atoms with van der Waals surface area (Å²) in [6.07, 6.45) is 8.90. The van der Waals surface area contributed by atoms with E-state index in [0.29, 0.717) is 12.1 Å². The molecule has 1 unspecified atom stereocenters. The lowest BCUT2D eigenvalue weighted by atomic mass is 9.87. The first kappa shape index (κ1) is 22.4. The van der Waals surface area contributed by atoms with Gasteiger partial charge in [-0.15, -0.1) is 0 Å². The van der Waals surface area contributed by atoms with E-state index in [-0.39, 0.29) is 5.92 Å². The maximum Gasteiger partial charge on any atom is 0.206 e. The SMILES string of the molecule is C=C(/C=C\N=CC)C1=CC(=C)N(C)C(N2CCCC(C(=C)c3cc(F)cc(F)c3)C2)=N1. The Hall–Kier alpha value is -3.28. The first-order valence-corrected chi connectivity index (χ1v) is 10.3. The van der Waals surface area contributed by atoms with Crippen LogP contribution in [0.5, 0.6) is 0 Å². The molecule has 0 N–H and O–H groups in total. The van der Waals surface area contributed by atoms with Crippen LogP contribution >= 0.6 is 0 Å². The third kappa shape index (κ3) is 5.26. The summed E-state index contributed by atoms with van der Waals surface area (Å²) in [5.41, 5.74) is 3.52. The molecule has 0 saturated carbocycles. The molecule has 2 heterocycles. The van der Waals surface area contributed by atoms with Crippen LogP contribution in [-0.2, 0) is 0 Å². The van der Waals surface area contributed by atoms with E-state index in [4.69, 9.17) is 4.99 Å². The number of hydrogen-bond acceptors (Lipinski definition) is 4. The van der Waals surface area contributed by atoms with Crippen LogP contribution in [0.3, 0.4) is 0 Å². The Balaban J connectivity index is 1.82. The van der Waals surface area contributed by atoms with Crippen molar-refractivity contribution in [2.75, 3.05) is 20.1 Å². The van der Waals surface area contributed by atoms with Crippen LogP contribution in [0.1, 0.15) is 25.3 Å². The largest absolute Gasteiger partial charge is 0.342 e. The summed E-state index contributed by atoms with van der Waals surface area (Å²) in [5.74, 6) is -0.342. The second-order valence-electron chi connectivity index (χ2n) is 7.71. The summed E-state index contributed by atoms with van der Waals surface area (Å²) in [6.45, 7) is 15.7. The molecule has 1 saturated heterocycles. The standard InChI is InChI=1S/C25H28F2N4/c1-6-28-10-9-17(2)24-12-18(3)30(5)25(29-24)31-11-7-8-20(16-31)19(4)21-13-22(26)15-23(27)14-21/h6,9-10,12-15,20H,2-4,7-8,11,16H2,1,5H3/b10-9-,28-6?. The number of piperidine rings is 1. The molecule has 2 aliphatic heterocycles. The zero-order valence-electron chi connectivity index (χ0n) is 18.1. The van der Waals surface area contributed by atoms with Gasteiger partial charge in [-0.05, 0) is 60.8 Å². The van der Waals surface area contributed by atoms with Gasteiger partial charge in [-0.3, -0.25) is 4.99 Å². The predicted octanol–water partition coefficient (Wildman–Crippen LogP) is 5.55. The minimum Gasteiger partial charge on any atom is -0.342 e. The first-order chi connectivity index (χ1) is 14.8. The third-order valence-corrected chi connectivity index (χ3v) is 5.52. The number of benzene rings is 1. The zero-order chi connectivity index (χ0) is 22.5. The minimum atomic E-state index is -0.592. The molecule has 31 heavy (non-hydrogen) atoms. The minimum absolute atomic E-state index is 0.0654. The van der Waals surface area contributed by atoms with Crippen molar-refractivity contribution in [2.24, 2.45) is 15.9 Å². The normalized spacial score (nSPS) is 19.7. The molecule has 4 nitrogen and oxygen atoms in total. The molecule has 0 spiro atoms. The van der Waals surface area contributed by atoms with E-state index in [0.717, 1.165) is 54.0 Å². The summed E-state index contributed by atoms with van der Waals surface area (Å²) in [6, 6.07) is 3.56. The van der Waals surface area contributed by atoms with Crippen LogP contribution in [0.4, 0.5) is 8.78 Å². The Bertz CT molecular complexity index is 996. The van der Waals surface area contributed by atoms with Gasteiger partial charge in [-0.25, -0.2) is 13.8 Å². The molecular weight excluding hydrogens is 394 g/mol. The Morgan fingerprint density at radius 2 is 1.94 bits per heavy atom. The highest BCUT2D eigenvalue weighted by Crippen LogP contribution is 2.32. The van der Waals surface area contributed by atoms with Crippen molar-refractivity contribution < 1.29 is 8.78 Å². The molecule has 162 valence electrons. The van der Waals surface area contributed by atoms with Gasteiger partial charge in [0.1, 0.15) is 11.6 Å². The molecular formula is C25H28F2N4. The molecule has 6 heteroatoms. The summed E-state index contributed by atoms with van der Waals surface area (Å²) >= 11 is 0. The fourth-order valence-electron chi connectivity index (χ4n) is 3.77. The van der Waals surface area contributed by atoms with Gasteiger partial charge in [-0.2, -0.15) is 0 Å². The van der Waals surface area contributed by atoms with E-state index in [1.807, 2.05) is 31.0 Å². The molecule has 0 aliphatic carbocycles. The highest BCUT2D eigenvalue weighted by atomic mass is 19.1. The number of hydrogen-bond donors (Lipinski definition) is 0. The van der Waals surface area contributed by atoms with E-state index in [1.165, 1.54) is 12.1 Å². The molecule has 1 aromatic carbocycles. The summed E-state index contributed by atoms with van der Waals surface area (Å²) in [7, 11) is 1.93. The number of halogens is 2. The molecule has 3 rings (SSSR count). The van der Waals surface area contributed by atoms with Crippen LogP contribution in [0, 0.1) is 17.6 Å². The van der Waals surface area contributed by atoms with Gasteiger partial charge in [0.05, 0.1) is 5.70 Å². The van der Waals surface area contributed by atoms with Crippen molar-refractivity contribution in [3.8, 4) is 0 Å². The monoisotopic (exact) mass is 422 g/mol. The van der Waals surface area contributed by atoms with Gasteiger partial charge >= 0.3 is 0 Å². The van der Waals surface area contributed by atoms with Gasteiger partial charge in [0.15, 0.2) is 0 Å². The first-order valence-electron chi connectivity index (χ1n) is 10.3. The maximum absolute atomic E-state index is 13.7. The van der Waals surface area contributed by atoms with Crippen molar-refractivity contribution in [3.05, 3.63) is 90.5 Å². The van der Waals surface area contributed by atoms with Crippen LogP contribution in [0.25, 0.3) is 5.57 Å². The second kappa shape index (κ2) is 9.69. The second-order valence-corrected chi connectivity index (χ2v) is 7.71. The van der Waals surface area contributed by atoms with E-state index in [1.54, 1.807) is 12.4 Å². The van der Waals surface area contributed by atoms with Crippen LogP contribution in [0.2, 0.25) is 0 Å². The topological polar surface area (TPSA) is 31.2 Å². The lowest BCUT2D eigenvalue weighted by molar-refractivity contribution is 0.275. The number of likely N-dealkylation sites (N-methyl/N-ethyl adjacent to an activating group) is 1. The summed E-state index contributed by atoms with van der Waals surface area (Å²) < 4.78 is 27.4. The molecule has 0 radical (unpaired) electrons. The van der Waals surface area contributed by atoms with Crippen molar-refractivity contribution in [2.45, 2.75) is 19.8 Å². The van der Waals surface area contributed by atoms with E-state index in [2.05, 4.69) is 29.6 Å². The van der Waals surface area contributed by atoms with Crippen molar-refractivity contribution in [3.63, 3.8) is 0 Å². The van der Waals surface area contributed by atoms with Gasteiger partial charge < -0.3 is 9.80 Å². The van der Waals surface area contributed by atoms with Crippen molar-refractivity contribution in [1.29, 1.82) is 0 Å². The van der Waals surface area contributed by atoms with Gasteiger partial charge in [0.2, 0.25) is 5.96 Å². The number of rotatable bonds is 5. The van der Waals surface area contributed by atoms with E-state index >= 15 is 0 Å². The average molecular weight is 423 g/mol. The van der Waals surface area contributed by atoms with Gasteiger partial charge in [0.25, 0.3) is 0 Å². The number of guanidine groups is 1. The van der Waals surface area contributed by atoms with Crippen LogP contribution in [-0.4, -0.2) is 42.1 Å². The van der Waals surface area contributed by atoms with E-state index < -0.39 is 11.6 Å². The quantitative estimate of drug-likeness (QED) is 0.460. The molecule has 2 aliphatic rings. The number of nitrogens with zero attached hydrogens (tertiary/aromatic N) is 4. The molecule has 0 aromatic heterocycles. The van der Waals surface area contributed by atoms with Crippen LogP contribution < -0.4 is 0 Å². The molecule has 1 aromatic rings. The highest BCUT2D eigenvalue weighted by Gasteiger charge is 2.29. The third-order valence-electron chi connectivity index (χ3n) is 5.52. The van der Waals surface area contributed by atoms with E-state index in [9.17, 15) is 8.78 Å². The number of aliphatic imine (C=N–C) groups is 2. The molecule has 1 fully saturated rings. The lowest BCUT2D eigenvalue weighted by Crippen LogP contribution is -2.47. The summed E-state index contributed by atoms with van der Waals surface area (Å²) in [4.78, 5) is 13.0. The van der Waals surface area contributed by atoms with Crippen molar-refractivity contribution in [1.82, 2.24) is 9.80 Å². The average Bonchev–Trinajstić information content (AvgIpc) is 2.74. The molecule has 1 atom stereocenters. The Morgan fingerprint density at radius 1 is 1.23 bits per heavy atom. The zero-order valence-corrected chi connectivity index (χ0v) is 18.1. The van der Waals surface area contributed by atoms with Gasteiger partial charge in [0, 0.05) is 50.2 Å². The van der Waals surface area contributed by atoms with Crippen LogP contribution in [0.15, 0.2) is 83.2 Å². The number of allylic oxidation sites excluding steroid dienone is 2. The maximum atomic E-state index is 13.7. The smallest absolute Gasteiger partial charge is 0.206 e. The fraction of sp³-hybridized carbons (Fsp3) is 0.280. The Morgan fingerprint density at radius 3 is 2.61 bits per heavy atom. The number of likely N-dealkylation sites (tertiary alicyclic amines) is 1. The lowest BCUT2D eigenvalue weighted by Gasteiger charge is -2.40. The fourth-order valence-corrected chi connectivity index (χ4v) is 3.77. The predicted molar refractivity (Wildman–Crippen MR) is 125 cm³/mol.